The van der Waals surface area contributed by atoms with Gasteiger partial charge in [-0.05, 0) is 12.8 Å². The Hall–Kier alpha value is -0.680. The molecule has 0 radical (unpaired) electrons. The van der Waals surface area contributed by atoms with Crippen molar-refractivity contribution in [3.8, 4) is 0 Å². The second kappa shape index (κ2) is 28.7. The van der Waals surface area contributed by atoms with Crippen molar-refractivity contribution in [1.29, 1.82) is 0 Å². The zero-order valence-corrected chi connectivity index (χ0v) is 32.9. The van der Waals surface area contributed by atoms with Crippen molar-refractivity contribution in [3.05, 3.63) is 0 Å². The van der Waals surface area contributed by atoms with Crippen LogP contribution in [0.1, 0.15) is 117 Å². The monoisotopic (exact) mass is 802 g/mol. The predicted molar refractivity (Wildman–Crippen MR) is 197 cm³/mol. The molecule has 3 rings (SSSR count). The number of ether oxygens (including phenoxy) is 6. The lowest BCUT2D eigenvalue weighted by molar-refractivity contribution is -0.359. The third kappa shape index (κ3) is 16.8. The van der Waals surface area contributed by atoms with E-state index in [2.05, 4.69) is 13.8 Å². The number of rotatable bonds is 25. The van der Waals surface area contributed by atoms with E-state index in [1.807, 2.05) is 0 Å². The molecule has 0 saturated carbocycles. The first kappa shape index (κ1) is 50.5. The first-order valence-corrected chi connectivity index (χ1v) is 20.6. The molecule has 17 heteroatoms. The van der Waals surface area contributed by atoms with Gasteiger partial charge in [-0.25, -0.2) is 0 Å². The van der Waals surface area contributed by atoms with Gasteiger partial charge in [0, 0.05) is 13.2 Å². The Morgan fingerprint density at radius 3 is 1.09 bits per heavy atom. The summed E-state index contributed by atoms with van der Waals surface area (Å²) in [4.78, 5) is 0. The quantitative estimate of drug-likeness (QED) is 0.0529. The molecule has 0 bridgehead atoms. The molecule has 17 nitrogen and oxygen atoms in total. The second-order valence-electron chi connectivity index (χ2n) is 14.9. The van der Waals surface area contributed by atoms with Crippen LogP contribution in [0, 0.1) is 0 Å². The zero-order valence-electron chi connectivity index (χ0n) is 32.9. The van der Waals surface area contributed by atoms with Crippen LogP contribution in [0.4, 0.5) is 0 Å². The Balaban J connectivity index is 0.000000443. The molecule has 3 saturated heterocycles. The van der Waals surface area contributed by atoms with E-state index in [0.717, 1.165) is 38.5 Å². The van der Waals surface area contributed by atoms with Crippen LogP contribution in [-0.2, 0) is 28.4 Å². The average molecular weight is 803 g/mol. The van der Waals surface area contributed by atoms with E-state index >= 15 is 0 Å². The van der Waals surface area contributed by atoms with E-state index in [1.165, 1.54) is 64.2 Å². The highest BCUT2D eigenvalue weighted by Crippen LogP contribution is 2.30. The van der Waals surface area contributed by atoms with Gasteiger partial charge in [-0.15, -0.1) is 0 Å². The van der Waals surface area contributed by atoms with E-state index in [1.54, 1.807) is 0 Å². The second-order valence-corrected chi connectivity index (χ2v) is 14.9. The smallest absolute Gasteiger partial charge is 0.187 e. The number of hydrogen-bond acceptors (Lipinski definition) is 17. The minimum absolute atomic E-state index is 0.321. The van der Waals surface area contributed by atoms with Gasteiger partial charge in [-0.3, -0.25) is 0 Å². The number of unbranched alkanes of at least 4 members (excludes halogenated alkanes) is 14. The standard InChI is InChI=1S/C24H46O11.C14H28O6/c1-2-3-4-5-6-7-8-9-10-11-12-32-23-21(31)19(29)22(16(14-26)34-23)35-24-20(30)18(28)17(27)15(13-25)33-24;1-2-3-4-5-6-7-8-19-14-13(18)12(17)11(16)10(9-15)20-14/h15-31H,2-14H2,1H3;10-18H,2-9H2,1H3/t15?,16?,17-,18+,19-,20?,21?,22-,23-,24+;10?,11-,12+,13?,14-/m11/s1. The molecule has 6 unspecified atom stereocenters. The fourth-order valence-electron chi connectivity index (χ4n) is 6.77. The minimum atomic E-state index is -1.69. The van der Waals surface area contributed by atoms with Crippen molar-refractivity contribution in [2.24, 2.45) is 0 Å². The van der Waals surface area contributed by atoms with Gasteiger partial charge in [0.05, 0.1) is 19.8 Å². The summed E-state index contributed by atoms with van der Waals surface area (Å²) in [6, 6.07) is 0. The van der Waals surface area contributed by atoms with Gasteiger partial charge in [0.25, 0.3) is 0 Å². The highest BCUT2D eigenvalue weighted by molar-refractivity contribution is 4.94. The molecule has 0 aromatic carbocycles. The maximum atomic E-state index is 10.6. The molecular formula is C38H74O17. The maximum Gasteiger partial charge on any atom is 0.187 e. The normalized spacial score (nSPS) is 36.7. The summed E-state index contributed by atoms with van der Waals surface area (Å²) in [6.07, 6.45) is -1.77. The number of aliphatic hydroxyl groups is 11. The molecule has 11 N–H and O–H groups in total. The summed E-state index contributed by atoms with van der Waals surface area (Å²) in [6.45, 7) is 3.47. The van der Waals surface area contributed by atoms with Gasteiger partial charge in [0.2, 0.25) is 0 Å². The van der Waals surface area contributed by atoms with Crippen LogP contribution in [0.25, 0.3) is 0 Å². The fraction of sp³-hybridized carbons (Fsp3) is 1.00. The average Bonchev–Trinajstić information content (AvgIpc) is 3.19. The minimum Gasteiger partial charge on any atom is -0.394 e. The van der Waals surface area contributed by atoms with Gasteiger partial charge in [0.15, 0.2) is 18.9 Å². The maximum absolute atomic E-state index is 10.6. The topological polar surface area (TPSA) is 278 Å². The van der Waals surface area contributed by atoms with E-state index in [4.69, 9.17) is 33.5 Å². The van der Waals surface area contributed by atoms with Crippen LogP contribution in [0.2, 0.25) is 0 Å². The van der Waals surface area contributed by atoms with Crippen LogP contribution in [0.15, 0.2) is 0 Å². The number of aliphatic hydroxyl groups excluding tert-OH is 11. The third-order valence-electron chi connectivity index (χ3n) is 10.4. The summed E-state index contributed by atoms with van der Waals surface area (Å²) in [5.74, 6) is 0. The molecule has 15 atom stereocenters. The summed E-state index contributed by atoms with van der Waals surface area (Å²) in [5, 5.41) is 108. The zero-order chi connectivity index (χ0) is 40.8. The molecule has 328 valence electrons. The Kier molecular flexibility index (Phi) is 26.3. The third-order valence-corrected chi connectivity index (χ3v) is 10.4. The van der Waals surface area contributed by atoms with Crippen molar-refractivity contribution in [2.45, 2.75) is 209 Å². The summed E-state index contributed by atoms with van der Waals surface area (Å²) >= 11 is 0. The van der Waals surface area contributed by atoms with Gasteiger partial charge >= 0.3 is 0 Å². The molecule has 0 aliphatic carbocycles. The lowest BCUT2D eigenvalue weighted by atomic mass is 9.97. The summed E-state index contributed by atoms with van der Waals surface area (Å²) in [5.41, 5.74) is 0. The lowest BCUT2D eigenvalue weighted by Crippen LogP contribution is -2.64. The van der Waals surface area contributed by atoms with Crippen LogP contribution in [0.5, 0.6) is 0 Å². The van der Waals surface area contributed by atoms with Gasteiger partial charge in [0.1, 0.15) is 73.2 Å². The van der Waals surface area contributed by atoms with Gasteiger partial charge in [-0.2, -0.15) is 0 Å². The Bertz CT molecular complexity index is 932. The Morgan fingerprint density at radius 2 is 0.691 bits per heavy atom. The molecule has 3 aliphatic rings. The molecule has 0 spiro atoms. The highest BCUT2D eigenvalue weighted by Gasteiger charge is 2.51. The predicted octanol–water partition coefficient (Wildman–Crippen LogP) is -0.289. The lowest BCUT2D eigenvalue weighted by Gasteiger charge is -2.45. The van der Waals surface area contributed by atoms with E-state index < -0.39 is 112 Å². The SMILES string of the molecule is CCCCCCCCCCCCO[C@@H]1OC(CO)[C@@H](O[C@@H]2OC(CO)[C@@H](O)[C@H](O)C2O)[C@H](O)C1O.CCCCCCCCO[C@@H]1OC(CO)[C@@H](O)[C@H](O)C1O. The first-order valence-electron chi connectivity index (χ1n) is 20.6. The molecule has 3 heterocycles. The Morgan fingerprint density at radius 1 is 0.364 bits per heavy atom. The van der Waals surface area contributed by atoms with Crippen molar-refractivity contribution >= 4 is 0 Å². The first-order chi connectivity index (χ1) is 26.5. The molecule has 55 heavy (non-hydrogen) atoms. The summed E-state index contributed by atoms with van der Waals surface area (Å²) < 4.78 is 32.7. The number of hydrogen-bond donors (Lipinski definition) is 11. The molecular weight excluding hydrogens is 728 g/mol. The largest absolute Gasteiger partial charge is 0.394 e. The highest BCUT2D eigenvalue weighted by atomic mass is 16.7. The fourth-order valence-corrected chi connectivity index (χ4v) is 6.77. The van der Waals surface area contributed by atoms with Crippen molar-refractivity contribution in [1.82, 2.24) is 0 Å². The van der Waals surface area contributed by atoms with E-state index in [0.29, 0.717) is 13.2 Å². The van der Waals surface area contributed by atoms with Crippen molar-refractivity contribution < 1.29 is 84.6 Å². The summed E-state index contributed by atoms with van der Waals surface area (Å²) in [7, 11) is 0. The molecule has 3 aliphatic heterocycles. The Labute approximate surface area is 326 Å². The van der Waals surface area contributed by atoms with Crippen LogP contribution >= 0.6 is 0 Å². The molecule has 0 aromatic rings. The van der Waals surface area contributed by atoms with Crippen molar-refractivity contribution in [2.75, 3.05) is 33.0 Å². The van der Waals surface area contributed by atoms with Crippen molar-refractivity contribution in [3.63, 3.8) is 0 Å². The van der Waals surface area contributed by atoms with Crippen LogP contribution in [0.3, 0.4) is 0 Å². The van der Waals surface area contributed by atoms with Crippen LogP contribution < -0.4 is 0 Å². The van der Waals surface area contributed by atoms with Crippen LogP contribution in [-0.4, -0.2) is 181 Å². The van der Waals surface area contributed by atoms with Gasteiger partial charge < -0.3 is 84.6 Å². The van der Waals surface area contributed by atoms with E-state index in [-0.39, 0.29) is 0 Å². The molecule has 0 amide bonds. The van der Waals surface area contributed by atoms with E-state index in [9.17, 15) is 51.1 Å². The van der Waals surface area contributed by atoms with Gasteiger partial charge in [-0.1, -0.05) is 104 Å². The molecule has 0 aromatic heterocycles. The molecule has 3 fully saturated rings.